The van der Waals surface area contributed by atoms with E-state index in [-0.39, 0.29) is 23.9 Å². The molecule has 0 aromatic carbocycles. The lowest BCUT2D eigenvalue weighted by Crippen LogP contribution is -2.30. The molecule has 0 spiro atoms. The third-order valence-electron chi connectivity index (χ3n) is 3.69. The highest BCUT2D eigenvalue weighted by atomic mass is 16.2. The molecule has 1 N–H and O–H groups in total. The molecule has 1 aliphatic rings. The van der Waals surface area contributed by atoms with Crippen molar-refractivity contribution < 1.29 is 4.79 Å². The molecule has 5 nitrogen and oxygen atoms in total. The van der Waals surface area contributed by atoms with Crippen LogP contribution < -0.4 is 5.32 Å². The number of fused-ring (bicyclic) bond motifs is 1. The first kappa shape index (κ1) is 13.1. The van der Waals surface area contributed by atoms with Crippen LogP contribution in [0.15, 0.2) is 18.3 Å². The summed E-state index contributed by atoms with van der Waals surface area (Å²) in [4.78, 5) is 21.0. The molecule has 1 atom stereocenters. The van der Waals surface area contributed by atoms with Crippen LogP contribution in [0.3, 0.4) is 0 Å². The quantitative estimate of drug-likeness (QED) is 0.930. The average molecular weight is 272 g/mol. The van der Waals surface area contributed by atoms with E-state index in [1.807, 2.05) is 19.1 Å². The lowest BCUT2D eigenvalue weighted by molar-refractivity contribution is -0.123. The van der Waals surface area contributed by atoms with Crippen LogP contribution in [0.25, 0.3) is 11.2 Å². The minimum Gasteiger partial charge on any atom is -0.346 e. The molecule has 3 rings (SSSR count). The Hall–Kier alpha value is -1.91. The Bertz CT molecular complexity index is 642. The third kappa shape index (κ3) is 2.28. The monoisotopic (exact) mass is 272 g/mol. The van der Waals surface area contributed by atoms with Crippen molar-refractivity contribution in [2.24, 2.45) is 5.92 Å². The molecule has 1 saturated carbocycles. The average Bonchev–Trinajstić information content (AvgIpc) is 3.18. The van der Waals surface area contributed by atoms with Gasteiger partial charge in [0.25, 0.3) is 0 Å². The van der Waals surface area contributed by atoms with E-state index in [0.29, 0.717) is 0 Å². The molecule has 20 heavy (non-hydrogen) atoms. The molecule has 2 heterocycles. The minimum absolute atomic E-state index is 0.0975. The highest BCUT2D eigenvalue weighted by Crippen LogP contribution is 2.30. The molecule has 2 aromatic heterocycles. The van der Waals surface area contributed by atoms with Crippen molar-refractivity contribution in [1.29, 1.82) is 0 Å². The van der Waals surface area contributed by atoms with E-state index in [1.54, 1.807) is 6.20 Å². The molecule has 0 radical (unpaired) electrons. The Morgan fingerprint density at radius 2 is 2.15 bits per heavy atom. The summed E-state index contributed by atoms with van der Waals surface area (Å²) in [5, 5.41) is 3.06. The van der Waals surface area contributed by atoms with Crippen LogP contribution in [0.1, 0.15) is 51.5 Å². The largest absolute Gasteiger partial charge is 0.346 e. The van der Waals surface area contributed by atoms with E-state index in [2.05, 4.69) is 33.7 Å². The number of hydrogen-bond acceptors (Lipinski definition) is 3. The fourth-order valence-corrected chi connectivity index (χ4v) is 2.50. The predicted octanol–water partition coefficient (Wildman–Crippen LogP) is 2.60. The molecule has 1 amide bonds. The SMILES string of the molecule is CC(C)n1c([C@H](C)NC(=O)C2CC2)nc2cccnc21. The summed E-state index contributed by atoms with van der Waals surface area (Å²) < 4.78 is 2.10. The first-order valence-electron chi connectivity index (χ1n) is 7.21. The number of carbonyl (C=O) groups excluding carboxylic acids is 1. The van der Waals surface area contributed by atoms with Gasteiger partial charge in [-0.3, -0.25) is 4.79 Å². The smallest absolute Gasteiger partial charge is 0.223 e. The number of hydrogen-bond donors (Lipinski definition) is 1. The molecular formula is C15H20N4O. The molecule has 0 bridgehead atoms. The second-order valence-corrected chi connectivity index (χ2v) is 5.78. The predicted molar refractivity (Wildman–Crippen MR) is 77.2 cm³/mol. The lowest BCUT2D eigenvalue weighted by Gasteiger charge is -2.18. The summed E-state index contributed by atoms with van der Waals surface area (Å²) >= 11 is 0. The van der Waals surface area contributed by atoms with Crippen molar-refractivity contribution in [1.82, 2.24) is 19.9 Å². The zero-order valence-corrected chi connectivity index (χ0v) is 12.1. The van der Waals surface area contributed by atoms with Gasteiger partial charge in [0.2, 0.25) is 5.91 Å². The number of amides is 1. The number of rotatable bonds is 4. The maximum Gasteiger partial charge on any atom is 0.223 e. The Morgan fingerprint density at radius 1 is 1.40 bits per heavy atom. The van der Waals surface area contributed by atoms with E-state index in [9.17, 15) is 4.79 Å². The highest BCUT2D eigenvalue weighted by molar-refractivity contribution is 5.81. The summed E-state index contributed by atoms with van der Waals surface area (Å²) in [6, 6.07) is 4.00. The van der Waals surface area contributed by atoms with Crippen molar-refractivity contribution in [3.63, 3.8) is 0 Å². The van der Waals surface area contributed by atoms with Gasteiger partial charge in [-0.1, -0.05) is 0 Å². The van der Waals surface area contributed by atoms with Crippen LogP contribution in [-0.2, 0) is 4.79 Å². The fourth-order valence-electron chi connectivity index (χ4n) is 2.50. The fraction of sp³-hybridized carbons (Fsp3) is 0.533. The van der Waals surface area contributed by atoms with Crippen LogP contribution in [0, 0.1) is 5.92 Å². The Morgan fingerprint density at radius 3 is 2.80 bits per heavy atom. The number of aromatic nitrogens is 3. The van der Waals surface area contributed by atoms with Gasteiger partial charge in [0.1, 0.15) is 11.3 Å². The van der Waals surface area contributed by atoms with Crippen LogP contribution in [0.5, 0.6) is 0 Å². The summed E-state index contributed by atoms with van der Waals surface area (Å²) in [7, 11) is 0. The zero-order chi connectivity index (χ0) is 14.3. The van der Waals surface area contributed by atoms with Gasteiger partial charge in [-0.15, -0.1) is 0 Å². The highest BCUT2D eigenvalue weighted by Gasteiger charge is 2.31. The number of pyridine rings is 1. The van der Waals surface area contributed by atoms with Crippen LogP contribution in [0.4, 0.5) is 0 Å². The van der Waals surface area contributed by atoms with E-state index >= 15 is 0 Å². The molecule has 0 aliphatic heterocycles. The van der Waals surface area contributed by atoms with Gasteiger partial charge in [-0.25, -0.2) is 9.97 Å². The van der Waals surface area contributed by atoms with Gasteiger partial charge in [-0.2, -0.15) is 0 Å². The topological polar surface area (TPSA) is 59.8 Å². The maximum atomic E-state index is 11.9. The van der Waals surface area contributed by atoms with Crippen LogP contribution in [-0.4, -0.2) is 20.4 Å². The number of nitrogens with zero attached hydrogens (tertiary/aromatic N) is 3. The van der Waals surface area contributed by atoms with Gasteiger partial charge in [0.05, 0.1) is 6.04 Å². The van der Waals surface area contributed by atoms with Crippen LogP contribution in [0.2, 0.25) is 0 Å². The van der Waals surface area contributed by atoms with Crippen molar-refractivity contribution in [3.05, 3.63) is 24.2 Å². The first-order chi connectivity index (χ1) is 9.58. The zero-order valence-electron chi connectivity index (χ0n) is 12.1. The Kier molecular flexibility index (Phi) is 3.20. The molecule has 0 unspecified atom stereocenters. The van der Waals surface area contributed by atoms with Gasteiger partial charge < -0.3 is 9.88 Å². The molecule has 0 saturated heterocycles. The van der Waals surface area contributed by atoms with Gasteiger partial charge in [-0.05, 0) is 45.7 Å². The normalized spacial score (nSPS) is 16.6. The summed E-state index contributed by atoms with van der Waals surface area (Å²) in [6.45, 7) is 6.20. The molecule has 2 aromatic rings. The number of carbonyl (C=O) groups is 1. The van der Waals surface area contributed by atoms with E-state index in [4.69, 9.17) is 0 Å². The molecule has 106 valence electrons. The van der Waals surface area contributed by atoms with E-state index in [1.165, 1.54) is 0 Å². The number of imidazole rings is 1. The minimum atomic E-state index is -0.0975. The van der Waals surface area contributed by atoms with Crippen molar-refractivity contribution in [2.45, 2.75) is 45.7 Å². The number of nitrogens with one attached hydrogen (secondary N) is 1. The standard InChI is InChI=1S/C15H20N4O/c1-9(2)19-13(10(3)17-15(20)11-6-7-11)18-12-5-4-8-16-14(12)19/h4-5,8-11H,6-7H2,1-3H3,(H,17,20)/t10-/m0/s1. The lowest BCUT2D eigenvalue weighted by atomic mass is 10.2. The van der Waals surface area contributed by atoms with Gasteiger partial charge in [0.15, 0.2) is 5.65 Å². The second kappa shape index (κ2) is 4.89. The molecule has 5 heteroatoms. The van der Waals surface area contributed by atoms with E-state index in [0.717, 1.165) is 29.8 Å². The first-order valence-corrected chi connectivity index (χ1v) is 7.21. The second-order valence-electron chi connectivity index (χ2n) is 5.78. The van der Waals surface area contributed by atoms with Crippen molar-refractivity contribution in [2.75, 3.05) is 0 Å². The van der Waals surface area contributed by atoms with Crippen molar-refractivity contribution in [3.8, 4) is 0 Å². The summed E-state index contributed by atoms with van der Waals surface area (Å²) in [6.07, 6.45) is 3.81. The van der Waals surface area contributed by atoms with Gasteiger partial charge >= 0.3 is 0 Å². The van der Waals surface area contributed by atoms with Crippen molar-refractivity contribution >= 4 is 17.1 Å². The Balaban J connectivity index is 1.96. The molecular weight excluding hydrogens is 252 g/mol. The molecule has 1 fully saturated rings. The third-order valence-corrected chi connectivity index (χ3v) is 3.69. The maximum absolute atomic E-state index is 11.9. The summed E-state index contributed by atoms with van der Waals surface area (Å²) in [5.41, 5.74) is 1.76. The van der Waals surface area contributed by atoms with Crippen LogP contribution >= 0.6 is 0 Å². The summed E-state index contributed by atoms with van der Waals surface area (Å²) in [5.74, 6) is 1.24. The molecule has 1 aliphatic carbocycles. The Labute approximate surface area is 118 Å². The van der Waals surface area contributed by atoms with Gasteiger partial charge in [0, 0.05) is 18.2 Å². The van der Waals surface area contributed by atoms with E-state index < -0.39 is 0 Å².